The fourth-order valence-corrected chi connectivity index (χ4v) is 4.68. The molecule has 2 aliphatic rings. The van der Waals surface area contributed by atoms with Gasteiger partial charge in [0.2, 0.25) is 0 Å². The van der Waals surface area contributed by atoms with Gasteiger partial charge >= 0.3 is 0 Å². The predicted octanol–water partition coefficient (Wildman–Crippen LogP) is 6.36. The lowest BCUT2D eigenvalue weighted by atomic mass is 9.91. The lowest BCUT2D eigenvalue weighted by Crippen LogP contribution is -2.35. The molecule has 0 fully saturated rings. The molecule has 2 heterocycles. The Kier molecular flexibility index (Phi) is 6.47. The van der Waals surface area contributed by atoms with E-state index in [0.29, 0.717) is 11.2 Å². The number of benzene rings is 1. The second-order valence-corrected chi connectivity index (χ2v) is 9.05. The highest BCUT2D eigenvalue weighted by Gasteiger charge is 2.31. The van der Waals surface area contributed by atoms with Crippen LogP contribution in [0.2, 0.25) is 10.2 Å². The van der Waals surface area contributed by atoms with Gasteiger partial charge in [0.25, 0.3) is 0 Å². The van der Waals surface area contributed by atoms with Crippen molar-refractivity contribution in [3.05, 3.63) is 74.4 Å². The minimum absolute atomic E-state index is 0.459. The van der Waals surface area contributed by atoms with Crippen molar-refractivity contribution < 1.29 is 0 Å². The molecule has 30 heavy (non-hydrogen) atoms. The first-order valence-electron chi connectivity index (χ1n) is 10.6. The molecule has 1 unspecified atom stereocenters. The molecule has 0 saturated heterocycles. The lowest BCUT2D eigenvalue weighted by molar-refractivity contribution is 0.178. The number of allylic oxidation sites excluding steroid dienone is 2. The molecule has 0 radical (unpaired) electrons. The quantitative estimate of drug-likeness (QED) is 0.584. The zero-order valence-electron chi connectivity index (χ0n) is 17.8. The SMILES string of the molecule is CCC(C)=C(NC1=C(C)CCC(N2Cc3ncc(Cl)nc3C2)C1)c1ccccc1Cl. The van der Waals surface area contributed by atoms with E-state index < -0.39 is 0 Å². The monoisotopic (exact) mass is 442 g/mol. The maximum Gasteiger partial charge on any atom is 0.147 e. The molecule has 1 atom stereocenters. The third-order valence-corrected chi connectivity index (χ3v) is 6.82. The van der Waals surface area contributed by atoms with Crippen LogP contribution in [0, 0.1) is 0 Å². The van der Waals surface area contributed by atoms with Gasteiger partial charge in [0.1, 0.15) is 5.15 Å². The van der Waals surface area contributed by atoms with Crippen molar-refractivity contribution in [3.8, 4) is 0 Å². The molecule has 6 heteroatoms. The van der Waals surface area contributed by atoms with E-state index in [1.54, 1.807) is 6.20 Å². The first kappa shape index (κ1) is 21.4. The number of nitrogens with one attached hydrogen (secondary N) is 1. The van der Waals surface area contributed by atoms with Crippen molar-refractivity contribution >= 4 is 28.9 Å². The van der Waals surface area contributed by atoms with Crippen LogP contribution >= 0.6 is 23.2 Å². The highest BCUT2D eigenvalue weighted by Crippen LogP contribution is 2.34. The third-order valence-electron chi connectivity index (χ3n) is 6.31. The number of hydrogen-bond donors (Lipinski definition) is 1. The van der Waals surface area contributed by atoms with E-state index in [2.05, 4.69) is 47.0 Å². The Morgan fingerprint density at radius 1 is 1.20 bits per heavy atom. The minimum atomic E-state index is 0.459. The zero-order valence-corrected chi connectivity index (χ0v) is 19.3. The lowest BCUT2D eigenvalue weighted by Gasteiger charge is -2.34. The molecule has 1 aromatic heterocycles. The highest BCUT2D eigenvalue weighted by molar-refractivity contribution is 6.32. The molecule has 1 aliphatic carbocycles. The Morgan fingerprint density at radius 2 is 1.97 bits per heavy atom. The molecule has 1 aromatic carbocycles. The van der Waals surface area contributed by atoms with Crippen molar-refractivity contribution in [2.24, 2.45) is 0 Å². The summed E-state index contributed by atoms with van der Waals surface area (Å²) >= 11 is 12.6. The Labute approximate surface area is 189 Å². The summed E-state index contributed by atoms with van der Waals surface area (Å²) in [5, 5.41) is 5.05. The molecular formula is C24H28Cl2N4. The number of aromatic nitrogens is 2. The van der Waals surface area contributed by atoms with Crippen LogP contribution < -0.4 is 5.32 Å². The zero-order chi connectivity index (χ0) is 21.3. The van der Waals surface area contributed by atoms with Gasteiger partial charge in [-0.1, -0.05) is 53.9 Å². The number of nitrogens with zero attached hydrogens (tertiary/aromatic N) is 3. The van der Waals surface area contributed by atoms with Crippen molar-refractivity contribution in [2.45, 2.75) is 65.6 Å². The molecule has 0 saturated carbocycles. The van der Waals surface area contributed by atoms with E-state index in [1.807, 2.05) is 18.2 Å². The standard InChI is InChI=1S/C24H28Cl2N4/c1-4-15(2)24(18-7-5-6-8-19(18)25)29-20-11-17(10-9-16(20)3)30-13-21-22(14-30)28-23(26)12-27-21/h5-8,12,17,29H,4,9-11,13-14H2,1-3H3. The summed E-state index contributed by atoms with van der Waals surface area (Å²) in [6.07, 6.45) is 5.84. The first-order chi connectivity index (χ1) is 14.5. The smallest absolute Gasteiger partial charge is 0.147 e. The number of fused-ring (bicyclic) bond motifs is 1. The molecule has 1 aliphatic heterocycles. The van der Waals surface area contributed by atoms with E-state index in [1.165, 1.54) is 16.8 Å². The predicted molar refractivity (Wildman–Crippen MR) is 124 cm³/mol. The topological polar surface area (TPSA) is 41.0 Å². The summed E-state index contributed by atoms with van der Waals surface area (Å²) in [6.45, 7) is 8.27. The highest BCUT2D eigenvalue weighted by atomic mass is 35.5. The van der Waals surface area contributed by atoms with E-state index in [-0.39, 0.29) is 0 Å². The summed E-state index contributed by atoms with van der Waals surface area (Å²) in [5.41, 5.74) is 8.32. The summed E-state index contributed by atoms with van der Waals surface area (Å²) in [5.74, 6) is 0. The van der Waals surface area contributed by atoms with Crippen LogP contribution in [0.25, 0.3) is 5.70 Å². The van der Waals surface area contributed by atoms with Gasteiger partial charge in [0.05, 0.1) is 17.6 Å². The molecule has 4 rings (SSSR count). The van der Waals surface area contributed by atoms with Gasteiger partial charge in [-0.05, 0) is 44.7 Å². The van der Waals surface area contributed by atoms with Crippen LogP contribution in [0.4, 0.5) is 0 Å². The normalized spacial score (nSPS) is 20.2. The van der Waals surface area contributed by atoms with Gasteiger partial charge in [-0.15, -0.1) is 0 Å². The average Bonchev–Trinajstić information content (AvgIpc) is 3.16. The van der Waals surface area contributed by atoms with Crippen LogP contribution in [-0.2, 0) is 13.1 Å². The van der Waals surface area contributed by atoms with Crippen LogP contribution in [0.15, 0.2) is 47.3 Å². The van der Waals surface area contributed by atoms with Gasteiger partial charge < -0.3 is 5.32 Å². The van der Waals surface area contributed by atoms with E-state index in [9.17, 15) is 0 Å². The number of halogens is 2. The molecule has 4 nitrogen and oxygen atoms in total. The Balaban J connectivity index is 1.55. The molecule has 0 bridgehead atoms. The number of hydrogen-bond acceptors (Lipinski definition) is 4. The van der Waals surface area contributed by atoms with Gasteiger partial charge in [-0.3, -0.25) is 9.88 Å². The largest absolute Gasteiger partial charge is 0.358 e. The molecule has 2 aromatic rings. The van der Waals surface area contributed by atoms with Crippen LogP contribution in [0.3, 0.4) is 0 Å². The van der Waals surface area contributed by atoms with Crippen molar-refractivity contribution in [1.29, 1.82) is 0 Å². The molecular weight excluding hydrogens is 415 g/mol. The van der Waals surface area contributed by atoms with Crippen molar-refractivity contribution in [1.82, 2.24) is 20.2 Å². The molecule has 0 amide bonds. The Morgan fingerprint density at radius 3 is 2.73 bits per heavy atom. The number of rotatable bonds is 5. The van der Waals surface area contributed by atoms with Gasteiger partial charge in [0, 0.05) is 47.5 Å². The molecule has 1 N–H and O–H groups in total. The summed E-state index contributed by atoms with van der Waals surface area (Å²) in [6, 6.07) is 8.53. The third kappa shape index (κ3) is 4.41. The van der Waals surface area contributed by atoms with E-state index >= 15 is 0 Å². The second kappa shape index (κ2) is 9.09. The summed E-state index contributed by atoms with van der Waals surface area (Å²) in [7, 11) is 0. The van der Waals surface area contributed by atoms with Crippen molar-refractivity contribution in [2.75, 3.05) is 0 Å². The minimum Gasteiger partial charge on any atom is -0.358 e. The average molecular weight is 443 g/mol. The van der Waals surface area contributed by atoms with E-state index in [0.717, 1.165) is 66.4 Å². The Hall–Kier alpha value is -1.88. The maximum atomic E-state index is 6.55. The van der Waals surface area contributed by atoms with E-state index in [4.69, 9.17) is 23.2 Å². The van der Waals surface area contributed by atoms with Crippen LogP contribution in [0.5, 0.6) is 0 Å². The van der Waals surface area contributed by atoms with Crippen LogP contribution in [0.1, 0.15) is 63.4 Å². The molecule has 158 valence electrons. The first-order valence-corrected chi connectivity index (χ1v) is 11.4. The summed E-state index contributed by atoms with van der Waals surface area (Å²) < 4.78 is 0. The maximum absolute atomic E-state index is 6.55. The van der Waals surface area contributed by atoms with Crippen molar-refractivity contribution in [3.63, 3.8) is 0 Å². The Bertz CT molecular complexity index is 1010. The summed E-state index contributed by atoms with van der Waals surface area (Å²) in [4.78, 5) is 11.4. The van der Waals surface area contributed by atoms with Gasteiger partial charge in [-0.2, -0.15) is 0 Å². The fourth-order valence-electron chi connectivity index (χ4n) is 4.30. The molecule has 0 spiro atoms. The van der Waals surface area contributed by atoms with Gasteiger partial charge in [0.15, 0.2) is 0 Å². The van der Waals surface area contributed by atoms with Gasteiger partial charge in [-0.25, -0.2) is 4.98 Å². The fraction of sp³-hybridized carbons (Fsp3) is 0.417. The second-order valence-electron chi connectivity index (χ2n) is 8.26. The van der Waals surface area contributed by atoms with Crippen LogP contribution in [-0.4, -0.2) is 20.9 Å².